The SMILES string of the molecule is NC(N)=NCCCC(NC(=O)C(CC(=O)O)NC(=O)C(N)CC(=O)O)C(=O)NCC(=O)O. The van der Waals surface area contributed by atoms with Crippen molar-refractivity contribution < 1.29 is 44.1 Å². The van der Waals surface area contributed by atoms with Gasteiger partial charge < -0.3 is 48.5 Å². The molecule has 0 saturated heterocycles. The highest BCUT2D eigenvalue weighted by Crippen LogP contribution is 2.03. The van der Waals surface area contributed by atoms with Crippen LogP contribution < -0.4 is 33.2 Å². The van der Waals surface area contributed by atoms with Gasteiger partial charge in [0.15, 0.2) is 5.96 Å². The summed E-state index contributed by atoms with van der Waals surface area (Å²) in [5, 5.41) is 32.7. The minimum atomic E-state index is -1.69. The fourth-order valence-electron chi connectivity index (χ4n) is 2.27. The first-order valence-corrected chi connectivity index (χ1v) is 9.18. The second kappa shape index (κ2) is 14.1. The lowest BCUT2D eigenvalue weighted by atomic mass is 10.1. The van der Waals surface area contributed by atoms with E-state index in [1.165, 1.54) is 0 Å². The summed E-state index contributed by atoms with van der Waals surface area (Å²) < 4.78 is 0. The maximum Gasteiger partial charge on any atom is 0.322 e. The van der Waals surface area contributed by atoms with Gasteiger partial charge >= 0.3 is 17.9 Å². The van der Waals surface area contributed by atoms with Gasteiger partial charge in [-0.05, 0) is 12.8 Å². The van der Waals surface area contributed by atoms with E-state index in [4.69, 9.17) is 32.5 Å². The average molecular weight is 461 g/mol. The summed E-state index contributed by atoms with van der Waals surface area (Å²) in [6.07, 6.45) is -1.53. The number of hydrogen-bond donors (Lipinski definition) is 9. The number of aliphatic carboxylic acids is 3. The molecule has 16 heteroatoms. The van der Waals surface area contributed by atoms with E-state index in [9.17, 15) is 28.8 Å². The third-order valence-electron chi connectivity index (χ3n) is 3.74. The molecule has 0 spiro atoms. The summed E-state index contributed by atoms with van der Waals surface area (Å²) in [6.45, 7) is -0.654. The van der Waals surface area contributed by atoms with Crippen molar-refractivity contribution in [3.8, 4) is 0 Å². The molecule has 0 aliphatic heterocycles. The molecule has 0 aliphatic carbocycles. The molecular weight excluding hydrogens is 434 g/mol. The van der Waals surface area contributed by atoms with Crippen LogP contribution in [-0.2, 0) is 28.8 Å². The molecule has 3 amide bonds. The maximum absolute atomic E-state index is 12.5. The van der Waals surface area contributed by atoms with E-state index >= 15 is 0 Å². The second-order valence-corrected chi connectivity index (χ2v) is 6.48. The molecular formula is C16H27N7O9. The first kappa shape index (κ1) is 28.0. The molecule has 0 aromatic heterocycles. The Morgan fingerprint density at radius 1 is 0.781 bits per heavy atom. The molecule has 0 saturated carbocycles. The Kier molecular flexibility index (Phi) is 12.4. The van der Waals surface area contributed by atoms with Gasteiger partial charge in [-0.1, -0.05) is 0 Å². The van der Waals surface area contributed by atoms with Crippen molar-refractivity contribution in [3.05, 3.63) is 0 Å². The van der Waals surface area contributed by atoms with Crippen molar-refractivity contribution in [1.29, 1.82) is 0 Å². The van der Waals surface area contributed by atoms with Gasteiger partial charge in [-0.25, -0.2) is 0 Å². The lowest BCUT2D eigenvalue weighted by Crippen LogP contribution is -2.56. The Hall–Kier alpha value is -3.95. The monoisotopic (exact) mass is 461 g/mol. The van der Waals surface area contributed by atoms with E-state index in [0.717, 1.165) is 0 Å². The predicted molar refractivity (Wildman–Crippen MR) is 107 cm³/mol. The van der Waals surface area contributed by atoms with E-state index < -0.39 is 73.1 Å². The number of rotatable bonds is 15. The third-order valence-corrected chi connectivity index (χ3v) is 3.74. The van der Waals surface area contributed by atoms with Crippen molar-refractivity contribution in [3.63, 3.8) is 0 Å². The van der Waals surface area contributed by atoms with E-state index in [1.54, 1.807) is 0 Å². The fourth-order valence-corrected chi connectivity index (χ4v) is 2.27. The van der Waals surface area contributed by atoms with Crippen LogP contribution in [0.1, 0.15) is 25.7 Å². The van der Waals surface area contributed by atoms with Gasteiger partial charge in [-0.15, -0.1) is 0 Å². The quantitative estimate of drug-likeness (QED) is 0.0633. The molecule has 0 aliphatic rings. The highest BCUT2D eigenvalue weighted by atomic mass is 16.4. The van der Waals surface area contributed by atoms with E-state index in [-0.39, 0.29) is 25.3 Å². The number of guanidine groups is 1. The van der Waals surface area contributed by atoms with Gasteiger partial charge in [0.1, 0.15) is 18.6 Å². The molecule has 3 atom stereocenters. The molecule has 16 nitrogen and oxygen atoms in total. The van der Waals surface area contributed by atoms with Crippen molar-refractivity contribution >= 4 is 41.6 Å². The van der Waals surface area contributed by atoms with Gasteiger partial charge in [0.25, 0.3) is 0 Å². The summed E-state index contributed by atoms with van der Waals surface area (Å²) in [6, 6.07) is -4.55. The van der Waals surface area contributed by atoms with Gasteiger partial charge in [0.2, 0.25) is 17.7 Å². The lowest BCUT2D eigenvalue weighted by Gasteiger charge is -2.23. The van der Waals surface area contributed by atoms with E-state index in [1.807, 2.05) is 5.32 Å². The molecule has 32 heavy (non-hydrogen) atoms. The highest BCUT2D eigenvalue weighted by Gasteiger charge is 2.30. The number of aliphatic imine (C=N–C) groups is 1. The zero-order chi connectivity index (χ0) is 24.8. The number of carbonyl (C=O) groups excluding carboxylic acids is 3. The van der Waals surface area contributed by atoms with E-state index in [2.05, 4.69) is 15.6 Å². The fraction of sp³-hybridized carbons (Fsp3) is 0.562. The van der Waals surface area contributed by atoms with Gasteiger partial charge in [-0.2, -0.15) is 0 Å². The Morgan fingerprint density at radius 2 is 1.34 bits per heavy atom. The summed E-state index contributed by atoms with van der Waals surface area (Å²) in [7, 11) is 0. The number of carboxylic acid groups (broad SMARTS) is 3. The number of carboxylic acids is 3. The summed E-state index contributed by atoms with van der Waals surface area (Å²) in [4.78, 5) is 72.9. The summed E-state index contributed by atoms with van der Waals surface area (Å²) in [5.41, 5.74) is 15.8. The van der Waals surface area contributed by atoms with Crippen LogP contribution in [-0.4, -0.2) is 88.1 Å². The number of amides is 3. The van der Waals surface area contributed by atoms with Crippen LogP contribution in [0.3, 0.4) is 0 Å². The summed E-state index contributed by atoms with van der Waals surface area (Å²) in [5.74, 6) is -7.46. The molecule has 180 valence electrons. The topological polar surface area (TPSA) is 290 Å². The lowest BCUT2D eigenvalue weighted by molar-refractivity contribution is -0.142. The van der Waals surface area contributed by atoms with Crippen LogP contribution in [0.4, 0.5) is 0 Å². The van der Waals surface area contributed by atoms with Crippen molar-refractivity contribution in [2.45, 2.75) is 43.8 Å². The predicted octanol–water partition coefficient (Wildman–Crippen LogP) is -4.51. The van der Waals surface area contributed by atoms with Crippen molar-refractivity contribution in [2.75, 3.05) is 13.1 Å². The molecule has 0 rings (SSSR count). The zero-order valence-corrected chi connectivity index (χ0v) is 16.9. The number of nitrogens with two attached hydrogens (primary N) is 3. The van der Waals surface area contributed by atoms with Crippen LogP contribution in [0.5, 0.6) is 0 Å². The van der Waals surface area contributed by atoms with Gasteiger partial charge in [0.05, 0.1) is 18.9 Å². The van der Waals surface area contributed by atoms with Crippen LogP contribution in [0.25, 0.3) is 0 Å². The normalized spacial score (nSPS) is 13.0. The first-order valence-electron chi connectivity index (χ1n) is 9.18. The number of nitrogens with zero attached hydrogens (tertiary/aromatic N) is 1. The summed E-state index contributed by atoms with van der Waals surface area (Å²) >= 11 is 0. The number of carbonyl (C=O) groups is 6. The molecule has 0 fully saturated rings. The van der Waals surface area contributed by atoms with Crippen LogP contribution >= 0.6 is 0 Å². The van der Waals surface area contributed by atoms with Gasteiger partial charge in [-0.3, -0.25) is 33.8 Å². The average Bonchev–Trinajstić information content (AvgIpc) is 2.66. The molecule has 0 aromatic rings. The standard InChI is InChI=1S/C16H27N7O9/c17-7(4-10(24)25)13(30)23-9(5-11(26)27)15(32)22-8(2-1-3-20-16(18)19)14(31)21-6-12(28)29/h7-9H,1-6,17H2,(H,21,31)(H,22,32)(H,23,30)(H,24,25)(H,26,27)(H,28,29)(H4,18,19,20). The Bertz CT molecular complexity index is 752. The minimum Gasteiger partial charge on any atom is -0.481 e. The molecule has 0 radical (unpaired) electrons. The molecule has 0 bridgehead atoms. The minimum absolute atomic E-state index is 0.0553. The Balaban J connectivity index is 5.35. The number of nitrogens with one attached hydrogen (secondary N) is 3. The number of hydrogen-bond acceptors (Lipinski definition) is 8. The van der Waals surface area contributed by atoms with Crippen LogP contribution in [0.2, 0.25) is 0 Å². The molecule has 0 heterocycles. The third kappa shape index (κ3) is 12.6. The Morgan fingerprint density at radius 3 is 1.84 bits per heavy atom. The smallest absolute Gasteiger partial charge is 0.322 e. The molecule has 0 aromatic carbocycles. The largest absolute Gasteiger partial charge is 0.481 e. The molecule has 3 unspecified atom stereocenters. The van der Waals surface area contributed by atoms with Gasteiger partial charge in [0, 0.05) is 6.54 Å². The van der Waals surface area contributed by atoms with Crippen molar-refractivity contribution in [2.24, 2.45) is 22.2 Å². The Labute approximate surface area is 181 Å². The molecule has 12 N–H and O–H groups in total. The second-order valence-electron chi connectivity index (χ2n) is 6.48. The van der Waals surface area contributed by atoms with Crippen LogP contribution in [0, 0.1) is 0 Å². The highest BCUT2D eigenvalue weighted by molar-refractivity contribution is 5.96. The van der Waals surface area contributed by atoms with Crippen molar-refractivity contribution in [1.82, 2.24) is 16.0 Å². The zero-order valence-electron chi connectivity index (χ0n) is 16.9. The first-order chi connectivity index (χ1) is 14.8. The van der Waals surface area contributed by atoms with E-state index in [0.29, 0.717) is 0 Å². The van der Waals surface area contributed by atoms with Crippen LogP contribution in [0.15, 0.2) is 4.99 Å². The maximum atomic E-state index is 12.5.